The van der Waals surface area contributed by atoms with Crippen LogP contribution in [-0.2, 0) is 9.84 Å². The van der Waals surface area contributed by atoms with Crippen molar-refractivity contribution in [3.8, 4) is 0 Å². The van der Waals surface area contributed by atoms with Crippen LogP contribution in [0.4, 0.5) is 0 Å². The van der Waals surface area contributed by atoms with E-state index in [-0.39, 0.29) is 15.6 Å². The fourth-order valence-electron chi connectivity index (χ4n) is 1.20. The maximum atomic E-state index is 11.7. The number of nitrogens with one attached hydrogen (secondary N) is 1. The molecule has 0 spiro atoms. The first kappa shape index (κ1) is 14.2. The second-order valence-electron chi connectivity index (χ2n) is 3.79. The Labute approximate surface area is 109 Å². The molecule has 1 N–H and O–H groups in total. The van der Waals surface area contributed by atoms with Gasteiger partial charge in [-0.05, 0) is 18.2 Å². The van der Waals surface area contributed by atoms with E-state index >= 15 is 0 Å². The van der Waals surface area contributed by atoms with E-state index in [1.165, 1.54) is 12.1 Å². The lowest BCUT2D eigenvalue weighted by atomic mass is 10.2. The molecule has 4 nitrogen and oxygen atoms in total. The molecule has 1 rings (SSSR count). The van der Waals surface area contributed by atoms with Crippen molar-refractivity contribution in [3.05, 3.63) is 29.8 Å². The zero-order chi connectivity index (χ0) is 13.1. The van der Waals surface area contributed by atoms with Crippen LogP contribution in [0.5, 0.6) is 0 Å². The van der Waals surface area contributed by atoms with Crippen LogP contribution in [0.15, 0.2) is 29.2 Å². The summed E-state index contributed by atoms with van der Waals surface area (Å²) in [6, 6.07) is 5.99. The monoisotopic (exact) mass is 319 g/mol. The Balaban J connectivity index is 2.89. The third-order valence-electron chi connectivity index (χ3n) is 2.07. The summed E-state index contributed by atoms with van der Waals surface area (Å²) in [5.41, 5.74) is 0.348. The fourth-order valence-corrected chi connectivity index (χ4v) is 2.03. The van der Waals surface area contributed by atoms with E-state index in [0.717, 1.165) is 6.26 Å². The van der Waals surface area contributed by atoms with Gasteiger partial charge in [0.15, 0.2) is 9.84 Å². The second kappa shape index (κ2) is 5.64. The summed E-state index contributed by atoms with van der Waals surface area (Å²) in [5.74, 6) is -0.276. The predicted molar refractivity (Wildman–Crippen MR) is 70.3 cm³/mol. The lowest BCUT2D eigenvalue weighted by Gasteiger charge is -2.07. The van der Waals surface area contributed by atoms with Gasteiger partial charge in [0, 0.05) is 23.2 Å². The molecule has 94 valence electrons. The Hall–Kier alpha value is -0.880. The summed E-state index contributed by atoms with van der Waals surface area (Å²) >= 11 is 3.31. The number of halogens is 1. The zero-order valence-electron chi connectivity index (χ0n) is 9.60. The SMILES string of the molecule is CC(Br)CNC(=O)c1cccc(S(C)(=O)=O)c1. The van der Waals surface area contributed by atoms with Gasteiger partial charge in [0.05, 0.1) is 4.90 Å². The minimum Gasteiger partial charge on any atom is -0.351 e. The lowest BCUT2D eigenvalue weighted by molar-refractivity contribution is 0.0954. The first-order valence-electron chi connectivity index (χ1n) is 5.03. The van der Waals surface area contributed by atoms with Gasteiger partial charge < -0.3 is 5.32 Å². The second-order valence-corrected chi connectivity index (χ2v) is 7.37. The number of alkyl halides is 1. The van der Waals surface area contributed by atoms with Crippen LogP contribution in [-0.4, -0.2) is 32.0 Å². The van der Waals surface area contributed by atoms with Crippen molar-refractivity contribution in [2.45, 2.75) is 16.6 Å². The Morgan fingerprint density at radius 2 is 2.12 bits per heavy atom. The molecule has 17 heavy (non-hydrogen) atoms. The number of benzene rings is 1. The largest absolute Gasteiger partial charge is 0.351 e. The van der Waals surface area contributed by atoms with E-state index in [1.54, 1.807) is 12.1 Å². The van der Waals surface area contributed by atoms with Crippen LogP contribution in [0.2, 0.25) is 0 Å². The van der Waals surface area contributed by atoms with Crippen molar-refractivity contribution in [3.63, 3.8) is 0 Å². The number of hydrogen-bond donors (Lipinski definition) is 1. The highest BCUT2D eigenvalue weighted by molar-refractivity contribution is 9.09. The van der Waals surface area contributed by atoms with Crippen LogP contribution in [0.25, 0.3) is 0 Å². The summed E-state index contributed by atoms with van der Waals surface area (Å²) in [4.78, 5) is 12.0. The molecule has 0 aliphatic rings. The zero-order valence-corrected chi connectivity index (χ0v) is 12.0. The molecule has 0 saturated carbocycles. The van der Waals surface area contributed by atoms with Crippen LogP contribution < -0.4 is 5.32 Å². The molecule has 0 aliphatic heterocycles. The fraction of sp³-hybridized carbons (Fsp3) is 0.364. The molecule has 1 aromatic carbocycles. The van der Waals surface area contributed by atoms with Gasteiger partial charge in [-0.1, -0.05) is 28.9 Å². The maximum Gasteiger partial charge on any atom is 0.251 e. The number of carbonyl (C=O) groups excluding carboxylic acids is 1. The molecule has 0 aliphatic carbocycles. The van der Waals surface area contributed by atoms with Gasteiger partial charge in [-0.3, -0.25) is 4.79 Å². The average Bonchev–Trinajstić information content (AvgIpc) is 2.25. The van der Waals surface area contributed by atoms with Crippen molar-refractivity contribution in [2.75, 3.05) is 12.8 Å². The third kappa shape index (κ3) is 4.47. The normalized spacial score (nSPS) is 13.1. The molecule has 0 radical (unpaired) electrons. The van der Waals surface area contributed by atoms with Crippen LogP contribution in [0, 0.1) is 0 Å². The Bertz CT molecular complexity index is 511. The number of amides is 1. The first-order valence-corrected chi connectivity index (χ1v) is 7.84. The smallest absolute Gasteiger partial charge is 0.251 e. The van der Waals surface area contributed by atoms with Crippen LogP contribution >= 0.6 is 15.9 Å². The summed E-state index contributed by atoms with van der Waals surface area (Å²) in [6.07, 6.45) is 1.12. The highest BCUT2D eigenvalue weighted by Crippen LogP contribution is 2.11. The summed E-state index contributed by atoms with van der Waals surface area (Å²) in [6.45, 7) is 2.40. The quantitative estimate of drug-likeness (QED) is 0.857. The molecule has 0 heterocycles. The molecule has 0 fully saturated rings. The van der Waals surface area contributed by atoms with Crippen LogP contribution in [0.1, 0.15) is 17.3 Å². The van der Waals surface area contributed by atoms with Crippen LogP contribution in [0.3, 0.4) is 0 Å². The van der Waals surface area contributed by atoms with Gasteiger partial charge in [0.1, 0.15) is 0 Å². The lowest BCUT2D eigenvalue weighted by Crippen LogP contribution is -2.28. The number of sulfone groups is 1. The van der Waals surface area contributed by atoms with Crippen molar-refractivity contribution in [2.24, 2.45) is 0 Å². The molecular weight excluding hydrogens is 306 g/mol. The molecule has 1 aromatic rings. The maximum absolute atomic E-state index is 11.7. The highest BCUT2D eigenvalue weighted by atomic mass is 79.9. The topological polar surface area (TPSA) is 63.2 Å². The van der Waals surface area contributed by atoms with E-state index in [9.17, 15) is 13.2 Å². The van der Waals surface area contributed by atoms with Crippen molar-refractivity contribution < 1.29 is 13.2 Å². The average molecular weight is 320 g/mol. The van der Waals surface area contributed by atoms with Crippen molar-refractivity contribution >= 4 is 31.7 Å². The third-order valence-corrected chi connectivity index (χ3v) is 3.50. The molecule has 0 bridgehead atoms. The molecule has 6 heteroatoms. The molecule has 1 unspecified atom stereocenters. The minimum absolute atomic E-state index is 0.150. The first-order chi connectivity index (χ1) is 7.80. The molecule has 0 saturated heterocycles. The number of carbonyl (C=O) groups is 1. The predicted octanol–water partition coefficient (Wildman–Crippen LogP) is 1.60. The highest BCUT2D eigenvalue weighted by Gasteiger charge is 2.11. The van der Waals surface area contributed by atoms with E-state index in [1.807, 2.05) is 6.92 Å². The Kier molecular flexibility index (Phi) is 4.70. The number of hydrogen-bond acceptors (Lipinski definition) is 3. The molecule has 0 aromatic heterocycles. The molecule has 1 amide bonds. The van der Waals surface area contributed by atoms with Gasteiger partial charge in [0.2, 0.25) is 0 Å². The Morgan fingerprint density at radius 3 is 2.65 bits per heavy atom. The van der Waals surface area contributed by atoms with E-state index in [0.29, 0.717) is 12.1 Å². The van der Waals surface area contributed by atoms with Gasteiger partial charge in [-0.2, -0.15) is 0 Å². The van der Waals surface area contributed by atoms with Crippen molar-refractivity contribution in [1.29, 1.82) is 0 Å². The van der Waals surface area contributed by atoms with Gasteiger partial charge >= 0.3 is 0 Å². The Morgan fingerprint density at radius 1 is 1.47 bits per heavy atom. The minimum atomic E-state index is -3.28. The van der Waals surface area contributed by atoms with E-state index < -0.39 is 9.84 Å². The summed E-state index contributed by atoms with van der Waals surface area (Å²) in [5, 5.41) is 2.70. The standard InChI is InChI=1S/C11H14BrNO3S/c1-8(12)7-13-11(14)9-4-3-5-10(6-9)17(2,15)16/h3-6,8H,7H2,1-2H3,(H,13,14). The summed E-state index contributed by atoms with van der Waals surface area (Å²) in [7, 11) is -3.28. The molecular formula is C11H14BrNO3S. The van der Waals surface area contributed by atoms with Gasteiger partial charge in [-0.25, -0.2) is 8.42 Å². The van der Waals surface area contributed by atoms with Gasteiger partial charge in [0.25, 0.3) is 5.91 Å². The molecule has 1 atom stereocenters. The van der Waals surface area contributed by atoms with E-state index in [2.05, 4.69) is 21.2 Å². The summed E-state index contributed by atoms with van der Waals surface area (Å²) < 4.78 is 22.7. The number of rotatable bonds is 4. The van der Waals surface area contributed by atoms with E-state index in [4.69, 9.17) is 0 Å². The van der Waals surface area contributed by atoms with Crippen molar-refractivity contribution in [1.82, 2.24) is 5.32 Å². The van der Waals surface area contributed by atoms with Gasteiger partial charge in [-0.15, -0.1) is 0 Å².